The van der Waals surface area contributed by atoms with Crippen molar-refractivity contribution in [2.24, 2.45) is 16.4 Å². The molecule has 2 aliphatic rings. The molecule has 0 bridgehead atoms. The molecule has 0 saturated heterocycles. The zero-order chi connectivity index (χ0) is 25.0. The molecular formula is C26H25F2KN4O2S. The standard InChI is InChI=1S/C26H25F2N4O2S.K/c1-26(2,15-33)11-10-17-6-8-20(30-25-32-31-23(35-25)9-7-16-4-5-16)18(12-17)19-13-21(24(27)28)29-14-22(19)34-3;/h6,8,12-14,16,23-24,31,33H,4-5,15H2,1-3H3;/q-1;+1. The van der Waals surface area contributed by atoms with Crippen LogP contribution in [0.1, 0.15) is 44.4 Å². The number of amidine groups is 1. The largest absolute Gasteiger partial charge is 1.00 e. The van der Waals surface area contributed by atoms with E-state index in [4.69, 9.17) is 4.74 Å². The summed E-state index contributed by atoms with van der Waals surface area (Å²) < 4.78 is 32.3. The minimum absolute atomic E-state index is 0. The Hall–Kier alpha value is -1.63. The van der Waals surface area contributed by atoms with Crippen molar-refractivity contribution in [1.29, 1.82) is 0 Å². The Bertz CT molecular complexity index is 1260. The van der Waals surface area contributed by atoms with Gasteiger partial charge in [0.05, 0.1) is 19.9 Å². The number of thioether (sulfide) groups is 1. The number of halogens is 2. The molecule has 1 aliphatic carbocycles. The van der Waals surface area contributed by atoms with E-state index in [0.29, 0.717) is 39.2 Å². The number of methoxy groups -OCH3 is 1. The number of benzene rings is 1. The third-order valence-corrected chi connectivity index (χ3v) is 6.12. The topological polar surface area (TPSA) is 80.8 Å². The Labute approximate surface area is 256 Å². The Balaban J connectivity index is 0.00000361. The maximum Gasteiger partial charge on any atom is 1.00 e. The average molecular weight is 535 g/mol. The van der Waals surface area contributed by atoms with Crippen molar-refractivity contribution in [3.8, 4) is 40.6 Å². The molecule has 0 spiro atoms. The van der Waals surface area contributed by atoms with Gasteiger partial charge in [-0.2, -0.15) is 0 Å². The van der Waals surface area contributed by atoms with Gasteiger partial charge in [0.2, 0.25) is 0 Å². The number of nitrogens with one attached hydrogen (secondary N) is 1. The summed E-state index contributed by atoms with van der Waals surface area (Å²) in [5, 5.41) is 18.8. The van der Waals surface area contributed by atoms with Crippen LogP contribution in [0, 0.1) is 35.0 Å². The number of hydrogen-bond acceptors (Lipinski definition) is 6. The van der Waals surface area contributed by atoms with E-state index in [1.165, 1.54) is 31.1 Å². The summed E-state index contributed by atoms with van der Waals surface area (Å²) in [4.78, 5) is 3.81. The molecule has 0 amide bonds. The first-order valence-corrected chi connectivity index (χ1v) is 12.0. The van der Waals surface area contributed by atoms with E-state index in [1.807, 2.05) is 13.8 Å². The van der Waals surface area contributed by atoms with Crippen molar-refractivity contribution in [3.63, 3.8) is 0 Å². The molecule has 4 rings (SSSR count). The second-order valence-electron chi connectivity index (χ2n) is 8.83. The first kappa shape index (κ1) is 28.9. The van der Waals surface area contributed by atoms with E-state index >= 15 is 0 Å². The molecule has 1 aromatic carbocycles. The van der Waals surface area contributed by atoms with Gasteiger partial charge in [0.25, 0.3) is 6.43 Å². The molecule has 0 radical (unpaired) electrons. The van der Waals surface area contributed by atoms with Crippen molar-refractivity contribution < 1.29 is 70.0 Å². The summed E-state index contributed by atoms with van der Waals surface area (Å²) in [6.45, 7) is 3.57. The normalized spacial score (nSPS) is 16.5. The smallest absolute Gasteiger partial charge is 0.494 e. The molecule has 1 saturated carbocycles. The van der Waals surface area contributed by atoms with E-state index in [1.54, 1.807) is 18.2 Å². The zero-order valence-electron chi connectivity index (χ0n) is 20.6. The van der Waals surface area contributed by atoms with Crippen LogP contribution in [0.3, 0.4) is 0 Å². The number of aromatic nitrogens is 1. The first-order valence-electron chi connectivity index (χ1n) is 11.1. The van der Waals surface area contributed by atoms with Crippen molar-refractivity contribution in [3.05, 3.63) is 47.0 Å². The molecule has 1 atom stereocenters. The fraction of sp³-hybridized carbons (Fsp3) is 0.385. The number of pyridine rings is 1. The summed E-state index contributed by atoms with van der Waals surface area (Å²) in [5.74, 6) is 13.3. The van der Waals surface area contributed by atoms with Gasteiger partial charge in [-0.05, 0) is 61.3 Å². The minimum Gasteiger partial charge on any atom is -0.494 e. The van der Waals surface area contributed by atoms with Crippen molar-refractivity contribution in [2.45, 2.75) is 38.5 Å². The Morgan fingerprint density at radius 2 is 2.03 bits per heavy atom. The van der Waals surface area contributed by atoms with Gasteiger partial charge < -0.3 is 25.7 Å². The van der Waals surface area contributed by atoms with Crippen LogP contribution in [0.4, 0.5) is 14.5 Å². The second kappa shape index (κ2) is 12.7. The van der Waals surface area contributed by atoms with Crippen LogP contribution >= 0.6 is 11.8 Å². The molecule has 2 N–H and O–H groups in total. The SMILES string of the molecule is COc1cnc(C(F)F)cc1-c1cc(C#CC(C)(C)CO)ccc1[N-]C1=NNC(C#CC2CC2)S1.[K+]. The van der Waals surface area contributed by atoms with E-state index in [0.717, 1.165) is 12.8 Å². The summed E-state index contributed by atoms with van der Waals surface area (Å²) in [6.07, 6.45) is 0.828. The molecule has 6 nitrogen and oxygen atoms in total. The predicted molar refractivity (Wildman–Crippen MR) is 134 cm³/mol. The summed E-state index contributed by atoms with van der Waals surface area (Å²) in [7, 11) is 1.46. The van der Waals surface area contributed by atoms with Crippen molar-refractivity contribution >= 4 is 22.6 Å². The number of aliphatic hydroxyl groups is 1. The zero-order valence-corrected chi connectivity index (χ0v) is 24.5. The molecule has 1 unspecified atom stereocenters. The number of aliphatic hydroxyl groups excluding tert-OH is 1. The Morgan fingerprint density at radius 1 is 1.25 bits per heavy atom. The van der Waals surface area contributed by atoms with Gasteiger partial charge in [0, 0.05) is 22.5 Å². The number of rotatable bonds is 5. The van der Waals surface area contributed by atoms with Crippen LogP contribution in [-0.2, 0) is 0 Å². The summed E-state index contributed by atoms with van der Waals surface area (Å²) in [6, 6.07) is 6.63. The number of nitrogens with zero attached hydrogens (tertiary/aromatic N) is 3. The molecule has 1 aromatic heterocycles. The van der Waals surface area contributed by atoms with Crippen LogP contribution < -0.4 is 61.5 Å². The average Bonchev–Trinajstić information content (AvgIpc) is 3.59. The summed E-state index contributed by atoms with van der Waals surface area (Å²) >= 11 is 1.40. The van der Waals surface area contributed by atoms with Gasteiger partial charge in [0.15, 0.2) is 0 Å². The van der Waals surface area contributed by atoms with E-state index < -0.39 is 11.8 Å². The van der Waals surface area contributed by atoms with E-state index in [9.17, 15) is 13.9 Å². The maximum absolute atomic E-state index is 13.5. The number of hydrazone groups is 1. The minimum atomic E-state index is -2.74. The number of ether oxygens (including phenoxy) is 1. The van der Waals surface area contributed by atoms with Crippen molar-refractivity contribution in [1.82, 2.24) is 10.4 Å². The van der Waals surface area contributed by atoms with Gasteiger partial charge in [0.1, 0.15) is 16.8 Å². The van der Waals surface area contributed by atoms with Crippen molar-refractivity contribution in [2.75, 3.05) is 13.7 Å². The predicted octanol–water partition coefficient (Wildman–Crippen LogP) is 2.42. The molecule has 182 valence electrons. The van der Waals surface area contributed by atoms with Gasteiger partial charge in [-0.25, -0.2) is 8.78 Å². The van der Waals surface area contributed by atoms with Gasteiger partial charge in [-0.15, -0.1) is 0 Å². The van der Waals surface area contributed by atoms with E-state index in [2.05, 4.69) is 44.5 Å². The van der Waals surface area contributed by atoms with Gasteiger partial charge in [-0.1, -0.05) is 41.5 Å². The quantitative estimate of drug-likeness (QED) is 0.455. The van der Waals surface area contributed by atoms with Crippen LogP contribution in [0.2, 0.25) is 0 Å². The molecule has 10 heteroatoms. The molecule has 2 aromatic rings. The van der Waals surface area contributed by atoms with Gasteiger partial charge >= 0.3 is 51.4 Å². The van der Waals surface area contributed by atoms with Gasteiger partial charge in [-0.3, -0.25) is 4.98 Å². The maximum atomic E-state index is 13.5. The fourth-order valence-electron chi connectivity index (χ4n) is 3.07. The fourth-order valence-corrected chi connectivity index (χ4v) is 3.77. The monoisotopic (exact) mass is 534 g/mol. The Morgan fingerprint density at radius 3 is 2.69 bits per heavy atom. The summed E-state index contributed by atoms with van der Waals surface area (Å²) in [5.41, 5.74) is 4.16. The van der Waals surface area contributed by atoms with Crippen LogP contribution in [0.5, 0.6) is 5.75 Å². The third kappa shape index (κ3) is 7.69. The number of alkyl halides is 2. The first-order chi connectivity index (χ1) is 16.8. The van der Waals surface area contributed by atoms with Crippen LogP contribution in [0.25, 0.3) is 16.4 Å². The molecule has 2 heterocycles. The van der Waals surface area contributed by atoms with Crippen LogP contribution in [-0.4, -0.2) is 34.3 Å². The molecule has 1 aliphatic heterocycles. The second-order valence-corrected chi connectivity index (χ2v) is 9.90. The van der Waals surface area contributed by atoms with Crippen LogP contribution in [0.15, 0.2) is 35.6 Å². The number of hydrogen-bond donors (Lipinski definition) is 2. The third-order valence-electron chi connectivity index (χ3n) is 5.27. The molecule has 36 heavy (non-hydrogen) atoms. The molecular weight excluding hydrogens is 509 g/mol. The van der Waals surface area contributed by atoms with E-state index in [-0.39, 0.29) is 69.1 Å². The Kier molecular flexibility index (Phi) is 10.2. The molecule has 1 fully saturated rings.